The van der Waals surface area contributed by atoms with Crippen LogP contribution in [0.2, 0.25) is 0 Å². The molecule has 2 amide bonds. The van der Waals surface area contributed by atoms with Crippen molar-refractivity contribution in [3.05, 3.63) is 64.2 Å². The highest BCUT2D eigenvalue weighted by Gasteiger charge is 2.20. The first-order chi connectivity index (χ1) is 14.8. The summed E-state index contributed by atoms with van der Waals surface area (Å²) in [5, 5.41) is 13.4. The van der Waals surface area contributed by atoms with Gasteiger partial charge in [-0.25, -0.2) is 13.1 Å². The summed E-state index contributed by atoms with van der Waals surface area (Å²) in [6.07, 6.45) is 2.36. The van der Waals surface area contributed by atoms with Crippen molar-refractivity contribution in [3.63, 3.8) is 0 Å². The van der Waals surface area contributed by atoms with Gasteiger partial charge in [-0.3, -0.25) is 19.7 Å². The average molecular weight is 446 g/mol. The normalized spacial score (nSPS) is 14.3. The monoisotopic (exact) mass is 446 g/mol. The number of nitro benzene ring substituents is 1. The fraction of sp³-hybridized carbons (Fsp3) is 0.300. The molecule has 31 heavy (non-hydrogen) atoms. The van der Waals surface area contributed by atoms with Crippen molar-refractivity contribution >= 4 is 33.2 Å². The lowest BCUT2D eigenvalue weighted by Gasteiger charge is -2.26. The standard InChI is InChI=1S/C20H22N4O6S/c25-19-6-1-2-13-23(19)16-9-7-15(8-10-16)20(26)21-11-12-22-31(29,30)18-5-3-4-17(14-18)24(27)28/h3-5,7-10,14,22H,1-2,6,11-13H2,(H,21,26). The molecule has 3 rings (SSSR count). The van der Waals surface area contributed by atoms with Crippen LogP contribution < -0.4 is 14.9 Å². The number of non-ortho nitro benzene ring substituents is 1. The predicted octanol–water partition coefficient (Wildman–Crippen LogP) is 1.82. The van der Waals surface area contributed by atoms with Crippen LogP contribution in [0, 0.1) is 10.1 Å². The largest absolute Gasteiger partial charge is 0.351 e. The van der Waals surface area contributed by atoms with Crippen molar-refractivity contribution in [1.29, 1.82) is 0 Å². The molecule has 0 atom stereocenters. The van der Waals surface area contributed by atoms with Crippen LogP contribution in [0.5, 0.6) is 0 Å². The third kappa shape index (κ3) is 5.64. The lowest BCUT2D eigenvalue weighted by atomic mass is 10.1. The summed E-state index contributed by atoms with van der Waals surface area (Å²) in [5.41, 5.74) is 0.798. The summed E-state index contributed by atoms with van der Waals surface area (Å²) < 4.78 is 26.8. The van der Waals surface area contributed by atoms with E-state index >= 15 is 0 Å². The molecule has 1 heterocycles. The molecule has 164 valence electrons. The van der Waals surface area contributed by atoms with Crippen LogP contribution in [-0.4, -0.2) is 44.8 Å². The van der Waals surface area contributed by atoms with Crippen LogP contribution in [0.25, 0.3) is 0 Å². The second kappa shape index (κ2) is 9.67. The van der Waals surface area contributed by atoms with E-state index in [2.05, 4.69) is 10.0 Å². The first kappa shape index (κ1) is 22.4. The highest BCUT2D eigenvalue weighted by molar-refractivity contribution is 7.89. The molecule has 0 bridgehead atoms. The smallest absolute Gasteiger partial charge is 0.270 e. The van der Waals surface area contributed by atoms with Crippen molar-refractivity contribution in [3.8, 4) is 0 Å². The Morgan fingerprint density at radius 1 is 1.10 bits per heavy atom. The number of anilines is 1. The molecule has 0 unspecified atom stereocenters. The number of amides is 2. The maximum atomic E-state index is 12.3. The van der Waals surface area contributed by atoms with Gasteiger partial charge in [0.15, 0.2) is 0 Å². The van der Waals surface area contributed by atoms with Gasteiger partial charge in [-0.15, -0.1) is 0 Å². The van der Waals surface area contributed by atoms with E-state index in [-0.39, 0.29) is 35.5 Å². The van der Waals surface area contributed by atoms with Crippen LogP contribution in [-0.2, 0) is 14.8 Å². The van der Waals surface area contributed by atoms with Crippen molar-refractivity contribution in [2.24, 2.45) is 0 Å². The molecule has 0 spiro atoms. The molecule has 1 fully saturated rings. The third-order valence-corrected chi connectivity index (χ3v) is 6.26. The van der Waals surface area contributed by atoms with Crippen LogP contribution >= 0.6 is 0 Å². The van der Waals surface area contributed by atoms with Gasteiger partial charge in [0.2, 0.25) is 15.9 Å². The molecule has 0 radical (unpaired) electrons. The lowest BCUT2D eigenvalue weighted by Crippen LogP contribution is -2.35. The number of rotatable bonds is 8. The van der Waals surface area contributed by atoms with Crippen LogP contribution in [0.3, 0.4) is 0 Å². The number of piperidine rings is 1. The SMILES string of the molecule is O=C(NCCNS(=O)(=O)c1cccc([N+](=O)[O-])c1)c1ccc(N2CCCCC2=O)cc1. The minimum absolute atomic E-state index is 0.0271. The summed E-state index contributed by atoms with van der Waals surface area (Å²) in [4.78, 5) is 35.8. The van der Waals surface area contributed by atoms with E-state index in [0.29, 0.717) is 18.5 Å². The summed E-state index contributed by atoms with van der Waals surface area (Å²) in [6, 6.07) is 11.4. The molecule has 1 aliphatic rings. The Kier molecular flexibility index (Phi) is 6.98. The van der Waals surface area contributed by atoms with Gasteiger partial charge in [0.25, 0.3) is 11.6 Å². The molecule has 2 aromatic carbocycles. The van der Waals surface area contributed by atoms with Crippen molar-refractivity contribution in [1.82, 2.24) is 10.0 Å². The predicted molar refractivity (Wildman–Crippen MR) is 113 cm³/mol. The Morgan fingerprint density at radius 2 is 1.84 bits per heavy atom. The van der Waals surface area contributed by atoms with Crippen LogP contribution in [0.15, 0.2) is 53.4 Å². The molecule has 1 aliphatic heterocycles. The Balaban J connectivity index is 1.51. The number of carbonyl (C=O) groups is 2. The van der Waals surface area contributed by atoms with E-state index < -0.39 is 14.9 Å². The molecular weight excluding hydrogens is 424 g/mol. The number of nitro groups is 1. The number of hydrogen-bond acceptors (Lipinski definition) is 6. The van der Waals surface area contributed by atoms with E-state index in [0.717, 1.165) is 24.6 Å². The third-order valence-electron chi connectivity index (χ3n) is 4.81. The molecule has 0 aliphatic carbocycles. The average Bonchev–Trinajstić information content (AvgIpc) is 2.77. The van der Waals surface area contributed by atoms with Gasteiger partial charge in [0.1, 0.15) is 0 Å². The van der Waals surface area contributed by atoms with Crippen LogP contribution in [0.4, 0.5) is 11.4 Å². The number of nitrogens with zero attached hydrogens (tertiary/aromatic N) is 2. The van der Waals surface area contributed by atoms with E-state index in [1.54, 1.807) is 29.2 Å². The summed E-state index contributed by atoms with van der Waals surface area (Å²) in [6.45, 7) is 0.603. The zero-order valence-electron chi connectivity index (χ0n) is 16.6. The second-order valence-electron chi connectivity index (χ2n) is 6.96. The number of benzene rings is 2. The van der Waals surface area contributed by atoms with Gasteiger partial charge in [-0.1, -0.05) is 6.07 Å². The topological polar surface area (TPSA) is 139 Å². The van der Waals surface area contributed by atoms with Gasteiger partial charge in [-0.2, -0.15) is 0 Å². The second-order valence-corrected chi connectivity index (χ2v) is 8.72. The molecular formula is C20H22N4O6S. The van der Waals surface area contributed by atoms with Crippen LogP contribution in [0.1, 0.15) is 29.6 Å². The minimum atomic E-state index is -3.95. The number of sulfonamides is 1. The summed E-state index contributed by atoms with van der Waals surface area (Å²) in [5.74, 6) is -0.314. The van der Waals surface area contributed by atoms with E-state index in [1.807, 2.05) is 0 Å². The zero-order chi connectivity index (χ0) is 22.4. The summed E-state index contributed by atoms with van der Waals surface area (Å²) >= 11 is 0. The van der Waals surface area contributed by atoms with Gasteiger partial charge < -0.3 is 10.2 Å². The Hall–Kier alpha value is -3.31. The quantitative estimate of drug-likeness (QED) is 0.360. The first-order valence-corrected chi connectivity index (χ1v) is 11.2. The van der Waals surface area contributed by atoms with E-state index in [4.69, 9.17) is 0 Å². The molecule has 2 aromatic rings. The highest BCUT2D eigenvalue weighted by Crippen LogP contribution is 2.21. The van der Waals surface area contributed by atoms with Gasteiger partial charge in [0, 0.05) is 49.4 Å². The molecule has 0 aromatic heterocycles. The molecule has 10 nitrogen and oxygen atoms in total. The molecule has 2 N–H and O–H groups in total. The number of hydrogen-bond donors (Lipinski definition) is 2. The molecule has 0 saturated carbocycles. The number of carbonyl (C=O) groups excluding carboxylic acids is 2. The fourth-order valence-corrected chi connectivity index (χ4v) is 4.25. The number of nitrogens with one attached hydrogen (secondary N) is 2. The first-order valence-electron chi connectivity index (χ1n) is 9.71. The Bertz CT molecular complexity index is 1090. The van der Waals surface area contributed by atoms with E-state index in [1.165, 1.54) is 18.2 Å². The molecule has 1 saturated heterocycles. The van der Waals surface area contributed by atoms with Gasteiger partial charge >= 0.3 is 0 Å². The Morgan fingerprint density at radius 3 is 2.52 bits per heavy atom. The lowest BCUT2D eigenvalue weighted by molar-refractivity contribution is -0.385. The highest BCUT2D eigenvalue weighted by atomic mass is 32.2. The van der Waals surface area contributed by atoms with Crippen molar-refractivity contribution in [2.75, 3.05) is 24.5 Å². The minimum Gasteiger partial charge on any atom is -0.351 e. The maximum Gasteiger partial charge on any atom is 0.270 e. The van der Waals surface area contributed by atoms with E-state index in [9.17, 15) is 28.1 Å². The van der Waals surface area contributed by atoms with Crippen molar-refractivity contribution in [2.45, 2.75) is 24.2 Å². The molecule has 11 heteroatoms. The summed E-state index contributed by atoms with van der Waals surface area (Å²) in [7, 11) is -3.95. The van der Waals surface area contributed by atoms with Gasteiger partial charge in [0.05, 0.1) is 9.82 Å². The fourth-order valence-electron chi connectivity index (χ4n) is 3.18. The van der Waals surface area contributed by atoms with Crippen molar-refractivity contribution < 1.29 is 22.9 Å². The zero-order valence-corrected chi connectivity index (χ0v) is 17.4. The Labute approximate surface area is 179 Å². The maximum absolute atomic E-state index is 12.3. The van der Waals surface area contributed by atoms with Gasteiger partial charge in [-0.05, 0) is 43.2 Å².